The van der Waals surface area contributed by atoms with Crippen molar-refractivity contribution in [3.8, 4) is 0 Å². The van der Waals surface area contributed by atoms with Crippen molar-refractivity contribution in [3.05, 3.63) is 35.4 Å². The van der Waals surface area contributed by atoms with E-state index >= 15 is 0 Å². The van der Waals surface area contributed by atoms with E-state index in [1.165, 1.54) is 16.0 Å². The molecular formula is C17H25N5O2. The summed E-state index contributed by atoms with van der Waals surface area (Å²) < 4.78 is 0. The molecule has 1 heterocycles. The molecule has 24 heavy (non-hydrogen) atoms. The molecule has 2 rings (SSSR count). The van der Waals surface area contributed by atoms with E-state index in [0.717, 1.165) is 13.0 Å². The van der Waals surface area contributed by atoms with Crippen LogP contribution in [0.1, 0.15) is 25.0 Å². The molecule has 7 heteroatoms. The fourth-order valence-electron chi connectivity index (χ4n) is 2.53. The van der Waals surface area contributed by atoms with Crippen LogP contribution < -0.4 is 16.0 Å². The van der Waals surface area contributed by atoms with E-state index in [9.17, 15) is 9.59 Å². The lowest BCUT2D eigenvalue weighted by Gasteiger charge is -2.15. The molecule has 0 spiro atoms. The fraction of sp³-hybridized carbons (Fsp3) is 0.471. The van der Waals surface area contributed by atoms with Crippen LogP contribution in [0.15, 0.2) is 29.3 Å². The van der Waals surface area contributed by atoms with Gasteiger partial charge in [-0.05, 0) is 24.5 Å². The molecule has 1 saturated heterocycles. The molecule has 1 aliphatic rings. The lowest BCUT2D eigenvalue weighted by Crippen LogP contribution is -2.43. The van der Waals surface area contributed by atoms with Gasteiger partial charge in [-0.1, -0.05) is 31.2 Å². The molecule has 0 aliphatic carbocycles. The zero-order valence-corrected chi connectivity index (χ0v) is 14.3. The normalized spacial score (nSPS) is 14.8. The highest BCUT2D eigenvalue weighted by molar-refractivity contribution is 6.01. The van der Waals surface area contributed by atoms with Crippen LogP contribution in [0.2, 0.25) is 0 Å². The summed E-state index contributed by atoms with van der Waals surface area (Å²) in [5.41, 5.74) is 2.49. The minimum absolute atomic E-state index is 0.0841. The van der Waals surface area contributed by atoms with Gasteiger partial charge in [0.1, 0.15) is 0 Å². The van der Waals surface area contributed by atoms with Crippen LogP contribution in [0.4, 0.5) is 4.79 Å². The minimum atomic E-state index is -0.333. The van der Waals surface area contributed by atoms with Crippen molar-refractivity contribution in [1.29, 1.82) is 0 Å². The maximum Gasteiger partial charge on any atom is 0.324 e. The van der Waals surface area contributed by atoms with Crippen molar-refractivity contribution >= 4 is 17.9 Å². The third-order valence-electron chi connectivity index (χ3n) is 3.82. The van der Waals surface area contributed by atoms with E-state index in [-0.39, 0.29) is 18.5 Å². The zero-order chi connectivity index (χ0) is 17.4. The number of hydrogen-bond donors (Lipinski definition) is 3. The number of nitrogens with zero attached hydrogens (tertiary/aromatic N) is 2. The first-order chi connectivity index (χ1) is 11.7. The second-order valence-corrected chi connectivity index (χ2v) is 5.45. The third kappa shape index (κ3) is 4.71. The molecule has 1 aromatic carbocycles. The quantitative estimate of drug-likeness (QED) is 0.393. The zero-order valence-electron chi connectivity index (χ0n) is 14.3. The number of aryl methyl sites for hydroxylation is 1. The number of guanidine groups is 1. The Bertz CT molecular complexity index is 599. The van der Waals surface area contributed by atoms with Gasteiger partial charge in [-0.3, -0.25) is 9.69 Å². The van der Waals surface area contributed by atoms with Crippen LogP contribution >= 0.6 is 0 Å². The third-order valence-corrected chi connectivity index (χ3v) is 3.82. The summed E-state index contributed by atoms with van der Waals surface area (Å²) in [6, 6.07) is 7.91. The van der Waals surface area contributed by atoms with Gasteiger partial charge in [0.2, 0.25) is 5.91 Å². The monoisotopic (exact) mass is 331 g/mol. The molecule has 1 aromatic rings. The summed E-state index contributed by atoms with van der Waals surface area (Å²) in [5.74, 6) is 0.482. The van der Waals surface area contributed by atoms with Gasteiger partial charge in [-0.2, -0.15) is 0 Å². The molecule has 0 atom stereocenters. The Balaban J connectivity index is 1.91. The molecule has 0 radical (unpaired) electrons. The van der Waals surface area contributed by atoms with Gasteiger partial charge in [0.25, 0.3) is 0 Å². The van der Waals surface area contributed by atoms with Gasteiger partial charge < -0.3 is 16.0 Å². The van der Waals surface area contributed by atoms with Crippen LogP contribution in [0, 0.1) is 0 Å². The molecule has 130 valence electrons. The number of urea groups is 1. The second-order valence-electron chi connectivity index (χ2n) is 5.45. The summed E-state index contributed by atoms with van der Waals surface area (Å²) >= 11 is 0. The van der Waals surface area contributed by atoms with E-state index in [2.05, 4.69) is 40.0 Å². The standard InChI is InChI=1S/C17H25N5O2/c1-3-13-7-5-6-8-14(13)11-20-16(18-4-2)19-9-10-22-15(23)12-21-17(22)24/h5-8H,3-4,9-12H2,1-2H3,(H,21,24)(H2,18,19,20). The highest BCUT2D eigenvalue weighted by Gasteiger charge is 2.27. The van der Waals surface area contributed by atoms with Gasteiger partial charge in [0.15, 0.2) is 5.96 Å². The van der Waals surface area contributed by atoms with Crippen molar-refractivity contribution < 1.29 is 9.59 Å². The van der Waals surface area contributed by atoms with Gasteiger partial charge in [0.05, 0.1) is 13.1 Å². The van der Waals surface area contributed by atoms with Crippen molar-refractivity contribution in [2.24, 2.45) is 4.99 Å². The Kier molecular flexibility index (Phi) is 6.60. The SMILES string of the molecule is CCNC(=NCc1ccccc1CC)NCCN1C(=O)CNC1=O. The Morgan fingerprint density at radius 3 is 2.58 bits per heavy atom. The van der Waals surface area contributed by atoms with Gasteiger partial charge in [0, 0.05) is 19.6 Å². The second kappa shape index (κ2) is 8.90. The number of aliphatic imine (C=N–C) groups is 1. The first-order valence-electron chi connectivity index (χ1n) is 8.32. The smallest absolute Gasteiger partial charge is 0.324 e. The maximum absolute atomic E-state index is 11.5. The maximum atomic E-state index is 11.5. The first-order valence-corrected chi connectivity index (χ1v) is 8.32. The number of carbonyl (C=O) groups excluding carboxylic acids is 2. The van der Waals surface area contributed by atoms with E-state index in [1.54, 1.807) is 0 Å². The number of benzene rings is 1. The topological polar surface area (TPSA) is 85.8 Å². The molecule has 0 unspecified atom stereocenters. The van der Waals surface area contributed by atoms with E-state index in [1.807, 2.05) is 19.1 Å². The molecule has 1 aliphatic heterocycles. The van der Waals surface area contributed by atoms with E-state index in [0.29, 0.717) is 25.6 Å². The summed E-state index contributed by atoms with van der Waals surface area (Å²) in [6.07, 6.45) is 0.974. The largest absolute Gasteiger partial charge is 0.357 e. The average Bonchev–Trinajstić information content (AvgIpc) is 2.91. The molecule has 1 fully saturated rings. The highest BCUT2D eigenvalue weighted by atomic mass is 16.2. The summed E-state index contributed by atoms with van der Waals surface area (Å²) in [7, 11) is 0. The Morgan fingerprint density at radius 2 is 1.96 bits per heavy atom. The summed E-state index contributed by atoms with van der Waals surface area (Å²) in [6.45, 7) is 6.31. The predicted octanol–water partition coefficient (Wildman–Crippen LogP) is 0.856. The number of carbonyl (C=O) groups is 2. The molecule has 0 aromatic heterocycles. The summed E-state index contributed by atoms with van der Waals surface area (Å²) in [5, 5.41) is 8.84. The van der Waals surface area contributed by atoms with Crippen LogP contribution in [0.3, 0.4) is 0 Å². The van der Waals surface area contributed by atoms with Crippen LogP contribution in [0.25, 0.3) is 0 Å². The van der Waals surface area contributed by atoms with Crippen molar-refractivity contribution in [2.45, 2.75) is 26.8 Å². The van der Waals surface area contributed by atoms with E-state index < -0.39 is 0 Å². The van der Waals surface area contributed by atoms with Crippen molar-refractivity contribution in [2.75, 3.05) is 26.2 Å². The number of nitrogens with one attached hydrogen (secondary N) is 3. The first kappa shape index (κ1) is 17.8. The molecular weight excluding hydrogens is 306 g/mol. The highest BCUT2D eigenvalue weighted by Crippen LogP contribution is 2.10. The van der Waals surface area contributed by atoms with Crippen LogP contribution in [0.5, 0.6) is 0 Å². The van der Waals surface area contributed by atoms with Gasteiger partial charge in [-0.25, -0.2) is 9.79 Å². The van der Waals surface area contributed by atoms with Crippen molar-refractivity contribution in [3.63, 3.8) is 0 Å². The molecule has 0 bridgehead atoms. The molecule has 3 N–H and O–H groups in total. The fourth-order valence-corrected chi connectivity index (χ4v) is 2.53. The Morgan fingerprint density at radius 1 is 1.21 bits per heavy atom. The molecule has 7 nitrogen and oxygen atoms in total. The number of hydrogen-bond acceptors (Lipinski definition) is 3. The number of amides is 3. The van der Waals surface area contributed by atoms with Crippen molar-refractivity contribution in [1.82, 2.24) is 20.9 Å². The Hall–Kier alpha value is -2.57. The lowest BCUT2D eigenvalue weighted by atomic mass is 10.1. The van der Waals surface area contributed by atoms with E-state index in [4.69, 9.17) is 0 Å². The molecule has 3 amide bonds. The number of rotatable bonds is 7. The Labute approximate surface area is 142 Å². The van der Waals surface area contributed by atoms with Crippen LogP contribution in [-0.4, -0.2) is 49.0 Å². The number of imide groups is 1. The van der Waals surface area contributed by atoms with Gasteiger partial charge in [-0.15, -0.1) is 0 Å². The van der Waals surface area contributed by atoms with Crippen LogP contribution in [-0.2, 0) is 17.8 Å². The molecule has 0 saturated carbocycles. The van der Waals surface area contributed by atoms with Gasteiger partial charge >= 0.3 is 6.03 Å². The lowest BCUT2D eigenvalue weighted by molar-refractivity contribution is -0.124. The predicted molar refractivity (Wildman–Crippen MR) is 93.8 cm³/mol. The summed E-state index contributed by atoms with van der Waals surface area (Å²) in [4.78, 5) is 28.8. The average molecular weight is 331 g/mol. The minimum Gasteiger partial charge on any atom is -0.357 e.